The first kappa shape index (κ1) is 14.8. The fraction of sp³-hybridized carbons (Fsp3) is 0.562. The van der Waals surface area contributed by atoms with Crippen molar-refractivity contribution >= 4 is 0 Å². The molecule has 108 valence electrons. The largest absolute Gasteiger partial charge is 0.496 e. The number of methoxy groups -OCH3 is 1. The number of ether oxygens (including phenoxy) is 2. The second-order valence-electron chi connectivity index (χ2n) is 5.32. The number of benzene rings is 1. The van der Waals surface area contributed by atoms with E-state index in [1.807, 2.05) is 12.1 Å². The van der Waals surface area contributed by atoms with Gasteiger partial charge in [0.2, 0.25) is 0 Å². The van der Waals surface area contributed by atoms with E-state index in [1.54, 1.807) is 13.2 Å². The molecular weight excluding hydrogens is 252 g/mol. The summed E-state index contributed by atoms with van der Waals surface area (Å²) in [6.07, 6.45) is 3.91. The van der Waals surface area contributed by atoms with Gasteiger partial charge in [0, 0.05) is 25.3 Å². The molecule has 4 nitrogen and oxygen atoms in total. The van der Waals surface area contributed by atoms with Gasteiger partial charge in [-0.05, 0) is 44.5 Å². The average molecular weight is 274 g/mol. The maximum absolute atomic E-state index is 9.00. The maximum Gasteiger partial charge on any atom is 0.123 e. The third kappa shape index (κ3) is 3.96. The maximum atomic E-state index is 9.00. The van der Waals surface area contributed by atoms with Crippen molar-refractivity contribution in [1.29, 1.82) is 5.26 Å². The molecule has 1 aromatic carbocycles. The average Bonchev–Trinajstić information content (AvgIpc) is 2.48. The Bertz CT molecular complexity index is 476. The van der Waals surface area contributed by atoms with Crippen molar-refractivity contribution in [3.8, 4) is 11.8 Å². The smallest absolute Gasteiger partial charge is 0.123 e. The van der Waals surface area contributed by atoms with Crippen molar-refractivity contribution in [3.63, 3.8) is 0 Å². The van der Waals surface area contributed by atoms with E-state index in [9.17, 15) is 0 Å². The number of hydrogen-bond acceptors (Lipinski definition) is 4. The lowest BCUT2D eigenvalue weighted by atomic mass is 10.1. The minimum atomic E-state index is 0.332. The van der Waals surface area contributed by atoms with Crippen LogP contribution < -0.4 is 4.74 Å². The molecule has 1 fully saturated rings. The van der Waals surface area contributed by atoms with Gasteiger partial charge in [0.05, 0.1) is 24.8 Å². The Hall–Kier alpha value is -1.57. The molecule has 1 saturated heterocycles. The Morgan fingerprint density at radius 1 is 1.45 bits per heavy atom. The second kappa shape index (κ2) is 7.28. The molecular formula is C16H22N2O2. The van der Waals surface area contributed by atoms with Crippen molar-refractivity contribution in [2.45, 2.75) is 31.9 Å². The van der Waals surface area contributed by atoms with Gasteiger partial charge in [0.1, 0.15) is 5.75 Å². The number of nitriles is 1. The Balaban J connectivity index is 1.99. The molecule has 1 atom stereocenters. The lowest BCUT2D eigenvalue weighted by Gasteiger charge is -2.27. The van der Waals surface area contributed by atoms with Crippen LogP contribution in [0.2, 0.25) is 0 Å². The number of rotatable bonds is 5. The highest BCUT2D eigenvalue weighted by atomic mass is 16.5. The highest BCUT2D eigenvalue weighted by Gasteiger charge is 2.17. The first-order chi connectivity index (χ1) is 9.72. The highest BCUT2D eigenvalue weighted by Crippen LogP contribution is 2.22. The standard InChI is InChI=1S/C16H22N2O2/c1-18(12-15-5-3-4-8-20-15)11-14-9-13(10-17)6-7-16(14)19-2/h6-7,9,15H,3-5,8,11-12H2,1-2H3. The van der Waals surface area contributed by atoms with Gasteiger partial charge in [-0.2, -0.15) is 5.26 Å². The Labute approximate surface area is 120 Å². The van der Waals surface area contributed by atoms with Crippen LogP contribution in [0, 0.1) is 11.3 Å². The Morgan fingerprint density at radius 3 is 2.95 bits per heavy atom. The zero-order chi connectivity index (χ0) is 14.4. The predicted octanol–water partition coefficient (Wildman–Crippen LogP) is 2.57. The van der Waals surface area contributed by atoms with Crippen molar-refractivity contribution in [3.05, 3.63) is 29.3 Å². The summed E-state index contributed by atoms with van der Waals surface area (Å²) in [4.78, 5) is 2.23. The SMILES string of the molecule is COc1ccc(C#N)cc1CN(C)CC1CCCCO1. The van der Waals surface area contributed by atoms with Gasteiger partial charge in [0.25, 0.3) is 0 Å². The molecule has 1 unspecified atom stereocenters. The van der Waals surface area contributed by atoms with Crippen LogP contribution >= 0.6 is 0 Å². The first-order valence-corrected chi connectivity index (χ1v) is 7.10. The summed E-state index contributed by atoms with van der Waals surface area (Å²) in [5, 5.41) is 9.00. The van der Waals surface area contributed by atoms with E-state index in [0.29, 0.717) is 11.7 Å². The molecule has 1 aromatic rings. The molecule has 1 aliphatic heterocycles. The fourth-order valence-electron chi connectivity index (χ4n) is 2.63. The van der Waals surface area contributed by atoms with Crippen molar-refractivity contribution in [2.24, 2.45) is 0 Å². The summed E-state index contributed by atoms with van der Waals surface area (Å²) in [5.74, 6) is 0.834. The summed E-state index contributed by atoms with van der Waals surface area (Å²) in [6, 6.07) is 7.72. The van der Waals surface area contributed by atoms with Gasteiger partial charge >= 0.3 is 0 Å². The van der Waals surface area contributed by atoms with E-state index in [2.05, 4.69) is 18.0 Å². The zero-order valence-corrected chi connectivity index (χ0v) is 12.3. The monoisotopic (exact) mass is 274 g/mol. The molecule has 1 aliphatic rings. The van der Waals surface area contributed by atoms with Gasteiger partial charge in [-0.15, -0.1) is 0 Å². The normalized spacial score (nSPS) is 18.8. The number of nitrogens with zero attached hydrogens (tertiary/aromatic N) is 2. The van der Waals surface area contributed by atoms with E-state index in [-0.39, 0.29) is 0 Å². The Kier molecular flexibility index (Phi) is 5.40. The summed E-state index contributed by atoms with van der Waals surface area (Å²) >= 11 is 0. The van der Waals surface area contributed by atoms with E-state index in [1.165, 1.54) is 12.8 Å². The van der Waals surface area contributed by atoms with E-state index < -0.39 is 0 Å². The van der Waals surface area contributed by atoms with E-state index >= 15 is 0 Å². The molecule has 0 aromatic heterocycles. The summed E-state index contributed by atoms with van der Waals surface area (Å²) < 4.78 is 11.1. The van der Waals surface area contributed by atoms with Crippen LogP contribution in [0.15, 0.2) is 18.2 Å². The van der Waals surface area contributed by atoms with Gasteiger partial charge < -0.3 is 9.47 Å². The van der Waals surface area contributed by atoms with E-state index in [4.69, 9.17) is 14.7 Å². The fourth-order valence-corrected chi connectivity index (χ4v) is 2.63. The third-order valence-corrected chi connectivity index (χ3v) is 3.64. The lowest BCUT2D eigenvalue weighted by molar-refractivity contribution is -0.00267. The van der Waals surface area contributed by atoms with Gasteiger partial charge in [-0.25, -0.2) is 0 Å². The third-order valence-electron chi connectivity index (χ3n) is 3.64. The van der Waals surface area contributed by atoms with Crippen LogP contribution in [0.4, 0.5) is 0 Å². The molecule has 0 aliphatic carbocycles. The van der Waals surface area contributed by atoms with Crippen molar-refractivity contribution in [1.82, 2.24) is 4.90 Å². The van der Waals surface area contributed by atoms with Crippen molar-refractivity contribution < 1.29 is 9.47 Å². The zero-order valence-electron chi connectivity index (χ0n) is 12.3. The lowest BCUT2D eigenvalue weighted by Crippen LogP contribution is -2.33. The van der Waals surface area contributed by atoms with E-state index in [0.717, 1.165) is 37.4 Å². The van der Waals surface area contributed by atoms with Crippen LogP contribution in [-0.4, -0.2) is 38.3 Å². The summed E-state index contributed by atoms with van der Waals surface area (Å²) in [5.41, 5.74) is 1.72. The van der Waals surface area contributed by atoms with Gasteiger partial charge in [-0.1, -0.05) is 0 Å². The molecule has 0 spiro atoms. The van der Waals surface area contributed by atoms with Gasteiger partial charge in [-0.3, -0.25) is 4.90 Å². The molecule has 0 bridgehead atoms. The van der Waals surface area contributed by atoms with Crippen LogP contribution in [0.3, 0.4) is 0 Å². The molecule has 1 heterocycles. The minimum Gasteiger partial charge on any atom is -0.496 e. The number of likely N-dealkylation sites (N-methyl/N-ethyl adjacent to an activating group) is 1. The van der Waals surface area contributed by atoms with Crippen molar-refractivity contribution in [2.75, 3.05) is 27.3 Å². The van der Waals surface area contributed by atoms with Crippen LogP contribution in [0.1, 0.15) is 30.4 Å². The molecule has 0 N–H and O–H groups in total. The quantitative estimate of drug-likeness (QED) is 0.828. The second-order valence-corrected chi connectivity index (χ2v) is 5.32. The first-order valence-electron chi connectivity index (χ1n) is 7.10. The topological polar surface area (TPSA) is 45.5 Å². The minimum absolute atomic E-state index is 0.332. The molecule has 0 amide bonds. The number of hydrogen-bond donors (Lipinski definition) is 0. The predicted molar refractivity (Wildman–Crippen MR) is 77.6 cm³/mol. The summed E-state index contributed by atoms with van der Waals surface area (Å²) in [6.45, 7) is 2.56. The van der Waals surface area contributed by atoms with Crippen LogP contribution in [0.25, 0.3) is 0 Å². The molecule has 20 heavy (non-hydrogen) atoms. The molecule has 0 saturated carbocycles. The van der Waals surface area contributed by atoms with Crippen LogP contribution in [0.5, 0.6) is 5.75 Å². The summed E-state index contributed by atoms with van der Waals surface area (Å²) in [7, 11) is 3.74. The van der Waals surface area contributed by atoms with Gasteiger partial charge in [0.15, 0.2) is 0 Å². The Morgan fingerprint density at radius 2 is 2.30 bits per heavy atom. The molecule has 4 heteroatoms. The highest BCUT2D eigenvalue weighted by molar-refractivity contribution is 5.42. The molecule has 0 radical (unpaired) electrons. The van der Waals surface area contributed by atoms with Crippen LogP contribution in [-0.2, 0) is 11.3 Å². The molecule has 2 rings (SSSR count).